The Balaban J connectivity index is 1.27. The normalized spacial score (nSPS) is 16.0. The number of rotatable bonds is 6. The van der Waals surface area contributed by atoms with Gasteiger partial charge in [-0.3, -0.25) is 4.79 Å². The summed E-state index contributed by atoms with van der Waals surface area (Å²) in [5, 5.41) is 3.72. The zero-order valence-corrected chi connectivity index (χ0v) is 20.8. The summed E-state index contributed by atoms with van der Waals surface area (Å²) in [6.07, 6.45) is 5.26. The van der Waals surface area contributed by atoms with Crippen LogP contribution in [0.15, 0.2) is 73.1 Å². The number of benzene rings is 2. The van der Waals surface area contributed by atoms with Gasteiger partial charge in [-0.15, -0.1) is 0 Å². The van der Waals surface area contributed by atoms with Crippen molar-refractivity contribution in [1.29, 1.82) is 0 Å². The van der Waals surface area contributed by atoms with E-state index in [1.54, 1.807) is 25.5 Å². The maximum atomic E-state index is 12.7. The Bertz CT molecular complexity index is 1510. The highest BCUT2D eigenvalue weighted by atomic mass is 32.2. The minimum absolute atomic E-state index is 0.0703. The summed E-state index contributed by atoms with van der Waals surface area (Å²) in [4.78, 5) is 28.0. The van der Waals surface area contributed by atoms with Gasteiger partial charge in [-0.1, -0.05) is 30.3 Å². The van der Waals surface area contributed by atoms with Crippen LogP contribution in [0.5, 0.6) is 0 Å². The van der Waals surface area contributed by atoms with Gasteiger partial charge >= 0.3 is 0 Å². The largest absolute Gasteiger partial charge is 0.355 e. The molecule has 2 aromatic carbocycles. The molecule has 0 aliphatic carbocycles. The molecule has 1 aliphatic heterocycles. The average Bonchev–Trinajstić information content (AvgIpc) is 3.38. The first-order valence-electron chi connectivity index (χ1n) is 11.6. The van der Waals surface area contributed by atoms with Crippen molar-refractivity contribution in [2.45, 2.75) is 12.5 Å². The Hall–Kier alpha value is -3.89. The smallest absolute Gasteiger partial charge is 0.293 e. The van der Waals surface area contributed by atoms with Crippen LogP contribution in [0.1, 0.15) is 17.0 Å². The number of amides is 1. The fourth-order valence-corrected chi connectivity index (χ4v) is 5.01. The van der Waals surface area contributed by atoms with Gasteiger partial charge in [0, 0.05) is 55.2 Å². The molecule has 0 radical (unpaired) electrons. The number of aromatic nitrogens is 3. The molecule has 10 heteroatoms. The predicted octanol–water partition coefficient (Wildman–Crippen LogP) is 3.41. The first-order valence-corrected chi connectivity index (χ1v) is 13.4. The van der Waals surface area contributed by atoms with Crippen molar-refractivity contribution < 1.29 is 13.2 Å². The molecule has 1 amide bonds. The van der Waals surface area contributed by atoms with Crippen molar-refractivity contribution in [2.24, 2.45) is 0 Å². The van der Waals surface area contributed by atoms with Gasteiger partial charge in [-0.05, 0) is 42.3 Å². The van der Waals surface area contributed by atoms with Crippen molar-refractivity contribution in [3.63, 3.8) is 0 Å². The average molecular weight is 503 g/mol. The highest BCUT2D eigenvalue weighted by Gasteiger charge is 2.30. The molecule has 1 aliphatic rings. The number of anilines is 2. The van der Waals surface area contributed by atoms with E-state index < -0.39 is 15.9 Å². The van der Waals surface area contributed by atoms with E-state index in [0.29, 0.717) is 12.2 Å². The van der Waals surface area contributed by atoms with Crippen LogP contribution >= 0.6 is 0 Å². The molecule has 1 N–H and O–H groups in total. The van der Waals surface area contributed by atoms with Gasteiger partial charge in [0.15, 0.2) is 0 Å². The van der Waals surface area contributed by atoms with E-state index in [1.807, 2.05) is 54.6 Å². The van der Waals surface area contributed by atoms with Crippen LogP contribution in [0.4, 0.5) is 11.5 Å². The van der Waals surface area contributed by atoms with E-state index in [0.717, 1.165) is 40.8 Å². The van der Waals surface area contributed by atoms with Crippen LogP contribution in [0.2, 0.25) is 0 Å². The highest BCUT2D eigenvalue weighted by molar-refractivity contribution is 7.88. The first kappa shape index (κ1) is 23.8. The SMILES string of the molecule is CN([C@@H]1CCN(c2ccc3cc(NC(=O)c4ncc(-c5ccccc5)cn4)ccc3n2)C1)S(C)(=O)=O. The van der Waals surface area contributed by atoms with Crippen LogP contribution in [0.3, 0.4) is 0 Å². The number of pyridine rings is 1. The van der Waals surface area contributed by atoms with E-state index in [4.69, 9.17) is 4.98 Å². The van der Waals surface area contributed by atoms with Crippen LogP contribution in [-0.4, -0.2) is 66.0 Å². The number of carbonyl (C=O) groups is 1. The summed E-state index contributed by atoms with van der Waals surface area (Å²) in [7, 11) is -1.61. The minimum atomic E-state index is -3.23. The number of hydrogen-bond donors (Lipinski definition) is 1. The third kappa shape index (κ3) is 5.05. The summed E-state index contributed by atoms with van der Waals surface area (Å²) in [6, 6.07) is 19.0. The van der Waals surface area contributed by atoms with Crippen molar-refractivity contribution in [3.05, 3.63) is 78.9 Å². The lowest BCUT2D eigenvalue weighted by Gasteiger charge is -2.23. The molecule has 2 aromatic heterocycles. The molecule has 4 aromatic rings. The molecule has 5 rings (SSSR count). The molecule has 1 fully saturated rings. The van der Waals surface area contributed by atoms with Crippen molar-refractivity contribution in [2.75, 3.05) is 36.6 Å². The molecule has 9 nitrogen and oxygen atoms in total. The monoisotopic (exact) mass is 502 g/mol. The van der Waals surface area contributed by atoms with Crippen molar-refractivity contribution >= 4 is 38.3 Å². The number of nitrogens with zero attached hydrogens (tertiary/aromatic N) is 5. The van der Waals surface area contributed by atoms with E-state index in [9.17, 15) is 13.2 Å². The topological polar surface area (TPSA) is 108 Å². The Labute approximate surface area is 209 Å². The Morgan fingerprint density at radius 1 is 1.03 bits per heavy atom. The van der Waals surface area contributed by atoms with E-state index in [-0.39, 0.29) is 11.9 Å². The molecule has 0 spiro atoms. The number of sulfonamides is 1. The van der Waals surface area contributed by atoms with Crippen LogP contribution < -0.4 is 10.2 Å². The van der Waals surface area contributed by atoms with Gasteiger partial charge in [-0.25, -0.2) is 27.7 Å². The third-order valence-corrected chi connectivity index (χ3v) is 7.76. The lowest BCUT2D eigenvalue weighted by molar-refractivity contribution is 0.101. The minimum Gasteiger partial charge on any atom is -0.355 e. The predicted molar refractivity (Wildman–Crippen MR) is 140 cm³/mol. The van der Waals surface area contributed by atoms with Crippen LogP contribution in [-0.2, 0) is 10.0 Å². The second-order valence-corrected chi connectivity index (χ2v) is 10.9. The molecule has 3 heterocycles. The zero-order valence-electron chi connectivity index (χ0n) is 20.0. The summed E-state index contributed by atoms with van der Waals surface area (Å²) in [5.41, 5.74) is 3.23. The van der Waals surface area contributed by atoms with Gasteiger partial charge in [0.1, 0.15) is 5.82 Å². The van der Waals surface area contributed by atoms with Crippen LogP contribution in [0.25, 0.3) is 22.0 Å². The van der Waals surface area contributed by atoms with Crippen molar-refractivity contribution in [1.82, 2.24) is 19.3 Å². The molecule has 36 heavy (non-hydrogen) atoms. The number of nitrogens with one attached hydrogen (secondary N) is 1. The van der Waals surface area contributed by atoms with E-state index in [2.05, 4.69) is 20.2 Å². The Kier molecular flexibility index (Phi) is 6.38. The maximum absolute atomic E-state index is 12.7. The van der Waals surface area contributed by atoms with E-state index >= 15 is 0 Å². The van der Waals surface area contributed by atoms with Gasteiger partial charge in [0.05, 0.1) is 11.8 Å². The quantitative estimate of drug-likeness (QED) is 0.430. The molecule has 184 valence electrons. The molecule has 1 atom stereocenters. The Morgan fingerprint density at radius 3 is 2.50 bits per heavy atom. The first-order chi connectivity index (χ1) is 17.3. The third-order valence-electron chi connectivity index (χ3n) is 6.42. The zero-order chi connectivity index (χ0) is 25.3. The lowest BCUT2D eigenvalue weighted by atomic mass is 10.1. The lowest BCUT2D eigenvalue weighted by Crippen LogP contribution is -2.38. The Morgan fingerprint density at radius 2 is 1.78 bits per heavy atom. The van der Waals surface area contributed by atoms with Gasteiger partial charge in [0.25, 0.3) is 5.91 Å². The highest BCUT2D eigenvalue weighted by Crippen LogP contribution is 2.26. The van der Waals surface area contributed by atoms with Gasteiger partial charge < -0.3 is 10.2 Å². The summed E-state index contributed by atoms with van der Waals surface area (Å²) >= 11 is 0. The second-order valence-electron chi connectivity index (χ2n) is 8.86. The number of hydrogen-bond acceptors (Lipinski definition) is 7. The molecular formula is C26H26N6O3S. The summed E-state index contributed by atoms with van der Waals surface area (Å²) < 4.78 is 25.2. The molecule has 0 unspecified atom stereocenters. The standard InChI is InChI=1S/C26H26N6O3S/c1-31(36(2,34)35)22-12-13-32(17-22)24-11-8-19-14-21(9-10-23(19)30-24)29-26(33)25-27-15-20(16-28-25)18-6-4-3-5-7-18/h3-11,14-16,22H,12-13,17H2,1-2H3,(H,29,33)/t22-/m1/s1. The molecule has 1 saturated heterocycles. The maximum Gasteiger partial charge on any atom is 0.293 e. The molecule has 0 bridgehead atoms. The second kappa shape index (κ2) is 9.63. The summed E-state index contributed by atoms with van der Waals surface area (Å²) in [5.74, 6) is 0.498. The fourth-order valence-electron chi connectivity index (χ4n) is 4.30. The summed E-state index contributed by atoms with van der Waals surface area (Å²) in [6.45, 7) is 1.33. The van der Waals surface area contributed by atoms with Crippen molar-refractivity contribution in [3.8, 4) is 11.1 Å². The molecule has 0 saturated carbocycles. The van der Waals surface area contributed by atoms with Crippen LogP contribution in [0, 0.1) is 0 Å². The van der Waals surface area contributed by atoms with Gasteiger partial charge in [-0.2, -0.15) is 0 Å². The fraction of sp³-hybridized carbons (Fsp3) is 0.231. The van der Waals surface area contributed by atoms with Gasteiger partial charge in [0.2, 0.25) is 15.8 Å². The molecular weight excluding hydrogens is 476 g/mol. The number of carbonyl (C=O) groups excluding carboxylic acids is 1. The number of likely N-dealkylation sites (N-methyl/N-ethyl adjacent to an activating group) is 1. The number of fused-ring (bicyclic) bond motifs is 1. The van der Waals surface area contributed by atoms with E-state index in [1.165, 1.54) is 10.6 Å².